The second kappa shape index (κ2) is 10.2. The summed E-state index contributed by atoms with van der Waals surface area (Å²) in [7, 11) is 0. The minimum atomic E-state index is -0.314. The summed E-state index contributed by atoms with van der Waals surface area (Å²) < 4.78 is 6.46. The van der Waals surface area contributed by atoms with Gasteiger partial charge in [0, 0.05) is 22.4 Å². The molecule has 0 atom stereocenters. The molecule has 3 N–H and O–H groups in total. The molecule has 0 fully saturated rings. The van der Waals surface area contributed by atoms with Crippen LogP contribution in [0.4, 0.5) is 16.2 Å². The Hall–Kier alpha value is -2.80. The Morgan fingerprint density at radius 2 is 1.77 bits per heavy atom. The van der Waals surface area contributed by atoms with Gasteiger partial charge >= 0.3 is 6.03 Å². The van der Waals surface area contributed by atoms with Gasteiger partial charge in [0.1, 0.15) is 5.75 Å². The number of hydrogen-bond acceptors (Lipinski definition) is 3. The van der Waals surface area contributed by atoms with E-state index in [0.29, 0.717) is 23.7 Å². The number of ether oxygens (including phenoxy) is 1. The number of anilines is 2. The van der Waals surface area contributed by atoms with Gasteiger partial charge in [0.15, 0.2) is 0 Å². The number of halogens is 1. The minimum absolute atomic E-state index is 0.149. The van der Waals surface area contributed by atoms with Crippen molar-refractivity contribution in [2.45, 2.75) is 6.42 Å². The standard InChI is InChI=1S/C19H20BrN3O3/c1-2-11-21-19(25)23-16-8-6-15(7-9-16)22-18(24)10-12-26-17-5-3-4-14(20)13-17/h2-9,13H,1,10-12H2,(H,22,24)(H2,21,23,25). The number of benzene rings is 2. The number of rotatable bonds is 8. The van der Waals surface area contributed by atoms with Crippen LogP contribution in [0, 0.1) is 0 Å². The van der Waals surface area contributed by atoms with Crippen molar-refractivity contribution in [3.8, 4) is 5.75 Å². The maximum atomic E-state index is 12.0. The lowest BCUT2D eigenvalue weighted by molar-refractivity contribution is -0.116. The quantitative estimate of drug-likeness (QED) is 0.564. The SMILES string of the molecule is C=CCNC(=O)Nc1ccc(NC(=O)CCOc2cccc(Br)c2)cc1. The van der Waals surface area contributed by atoms with Crippen molar-refractivity contribution in [2.24, 2.45) is 0 Å². The monoisotopic (exact) mass is 417 g/mol. The lowest BCUT2D eigenvalue weighted by atomic mass is 10.2. The third-order valence-electron chi connectivity index (χ3n) is 3.23. The van der Waals surface area contributed by atoms with Gasteiger partial charge in [-0.1, -0.05) is 28.1 Å². The van der Waals surface area contributed by atoms with E-state index in [1.165, 1.54) is 0 Å². The van der Waals surface area contributed by atoms with Crippen LogP contribution < -0.4 is 20.7 Å². The fraction of sp³-hybridized carbons (Fsp3) is 0.158. The Morgan fingerprint density at radius 3 is 2.42 bits per heavy atom. The Morgan fingerprint density at radius 1 is 1.08 bits per heavy atom. The third-order valence-corrected chi connectivity index (χ3v) is 3.72. The van der Waals surface area contributed by atoms with E-state index in [1.54, 1.807) is 30.3 Å². The molecule has 0 aliphatic rings. The van der Waals surface area contributed by atoms with E-state index in [9.17, 15) is 9.59 Å². The van der Waals surface area contributed by atoms with Crippen molar-refractivity contribution in [3.63, 3.8) is 0 Å². The number of carbonyl (C=O) groups is 2. The maximum absolute atomic E-state index is 12.0. The van der Waals surface area contributed by atoms with Crippen LogP contribution in [0.3, 0.4) is 0 Å². The highest BCUT2D eigenvalue weighted by molar-refractivity contribution is 9.10. The van der Waals surface area contributed by atoms with Crippen LogP contribution >= 0.6 is 15.9 Å². The normalized spacial score (nSPS) is 9.88. The smallest absolute Gasteiger partial charge is 0.319 e. The van der Waals surface area contributed by atoms with Gasteiger partial charge in [0.05, 0.1) is 13.0 Å². The first-order valence-electron chi connectivity index (χ1n) is 8.01. The average Bonchev–Trinajstić information content (AvgIpc) is 2.62. The lowest BCUT2D eigenvalue weighted by Crippen LogP contribution is -2.28. The van der Waals surface area contributed by atoms with E-state index in [0.717, 1.165) is 4.47 Å². The molecule has 2 aromatic carbocycles. The molecule has 0 bridgehead atoms. The van der Waals surface area contributed by atoms with Crippen LogP contribution in [-0.2, 0) is 4.79 Å². The number of urea groups is 1. The van der Waals surface area contributed by atoms with E-state index >= 15 is 0 Å². The Kier molecular flexibility index (Phi) is 7.70. The molecule has 3 amide bonds. The van der Waals surface area contributed by atoms with Crippen LogP contribution in [0.25, 0.3) is 0 Å². The van der Waals surface area contributed by atoms with Crippen LogP contribution in [-0.4, -0.2) is 25.1 Å². The van der Waals surface area contributed by atoms with Gasteiger partial charge in [-0.05, 0) is 42.5 Å². The third kappa shape index (κ3) is 6.98. The van der Waals surface area contributed by atoms with Crippen molar-refractivity contribution >= 4 is 39.2 Å². The summed E-state index contributed by atoms with van der Waals surface area (Å²) in [6.45, 7) is 4.20. The highest BCUT2D eigenvalue weighted by Crippen LogP contribution is 2.18. The van der Waals surface area contributed by atoms with E-state index in [1.807, 2.05) is 24.3 Å². The van der Waals surface area contributed by atoms with Crippen LogP contribution in [0.5, 0.6) is 5.75 Å². The Balaban J connectivity index is 1.74. The zero-order valence-corrected chi connectivity index (χ0v) is 15.7. The zero-order valence-electron chi connectivity index (χ0n) is 14.1. The second-order valence-corrected chi connectivity index (χ2v) is 6.22. The fourth-order valence-corrected chi connectivity index (χ4v) is 2.40. The van der Waals surface area contributed by atoms with Gasteiger partial charge in [-0.2, -0.15) is 0 Å². The van der Waals surface area contributed by atoms with Crippen LogP contribution in [0.15, 0.2) is 65.7 Å². The molecule has 0 aromatic heterocycles. The van der Waals surface area contributed by atoms with Crippen molar-refractivity contribution in [1.82, 2.24) is 5.32 Å². The fourth-order valence-electron chi connectivity index (χ4n) is 2.02. The lowest BCUT2D eigenvalue weighted by Gasteiger charge is -2.09. The van der Waals surface area contributed by atoms with Gasteiger partial charge in [0.2, 0.25) is 5.91 Å². The molecule has 2 rings (SSSR count). The molecular weight excluding hydrogens is 398 g/mol. The number of nitrogens with one attached hydrogen (secondary N) is 3. The minimum Gasteiger partial charge on any atom is -0.493 e. The van der Waals surface area contributed by atoms with Gasteiger partial charge in [0.25, 0.3) is 0 Å². The maximum Gasteiger partial charge on any atom is 0.319 e. The molecule has 0 saturated heterocycles. The Labute approximate surface area is 160 Å². The molecular formula is C19H20BrN3O3. The van der Waals surface area contributed by atoms with Gasteiger partial charge in [-0.15, -0.1) is 6.58 Å². The van der Waals surface area contributed by atoms with Crippen molar-refractivity contribution < 1.29 is 14.3 Å². The van der Waals surface area contributed by atoms with E-state index < -0.39 is 0 Å². The summed E-state index contributed by atoms with van der Waals surface area (Å²) in [4.78, 5) is 23.5. The Bertz CT molecular complexity index is 763. The van der Waals surface area contributed by atoms with Crippen LogP contribution in [0.1, 0.15) is 6.42 Å². The van der Waals surface area contributed by atoms with E-state index in [-0.39, 0.29) is 25.0 Å². The first-order valence-corrected chi connectivity index (χ1v) is 8.80. The number of hydrogen-bond donors (Lipinski definition) is 3. The summed E-state index contributed by atoms with van der Waals surface area (Å²) >= 11 is 3.37. The number of carbonyl (C=O) groups excluding carboxylic acids is 2. The molecule has 0 spiro atoms. The van der Waals surface area contributed by atoms with Gasteiger partial charge in [-0.25, -0.2) is 4.79 Å². The molecule has 0 radical (unpaired) electrons. The molecule has 7 heteroatoms. The molecule has 0 unspecified atom stereocenters. The van der Waals surface area contributed by atoms with Crippen molar-refractivity contribution in [3.05, 3.63) is 65.7 Å². The summed E-state index contributed by atoms with van der Waals surface area (Å²) in [5.41, 5.74) is 1.28. The molecule has 136 valence electrons. The molecule has 26 heavy (non-hydrogen) atoms. The summed E-state index contributed by atoms with van der Waals surface area (Å²) in [5, 5.41) is 8.08. The molecule has 2 aromatic rings. The first kappa shape index (κ1) is 19.5. The highest BCUT2D eigenvalue weighted by Gasteiger charge is 2.05. The topological polar surface area (TPSA) is 79.5 Å². The predicted octanol–water partition coefficient (Wildman–Crippen LogP) is 4.16. The van der Waals surface area contributed by atoms with E-state index in [4.69, 9.17) is 4.74 Å². The highest BCUT2D eigenvalue weighted by atomic mass is 79.9. The average molecular weight is 418 g/mol. The molecule has 6 nitrogen and oxygen atoms in total. The second-order valence-electron chi connectivity index (χ2n) is 5.31. The molecule has 0 heterocycles. The van der Waals surface area contributed by atoms with Crippen molar-refractivity contribution in [2.75, 3.05) is 23.8 Å². The van der Waals surface area contributed by atoms with Crippen LogP contribution in [0.2, 0.25) is 0 Å². The predicted molar refractivity (Wildman–Crippen MR) is 107 cm³/mol. The van der Waals surface area contributed by atoms with E-state index in [2.05, 4.69) is 38.5 Å². The van der Waals surface area contributed by atoms with Gasteiger partial charge in [-0.3, -0.25) is 4.79 Å². The van der Waals surface area contributed by atoms with Gasteiger partial charge < -0.3 is 20.7 Å². The summed E-state index contributed by atoms with van der Waals surface area (Å²) in [5.74, 6) is 0.557. The van der Waals surface area contributed by atoms with Crippen molar-refractivity contribution in [1.29, 1.82) is 0 Å². The summed E-state index contributed by atoms with van der Waals surface area (Å²) in [6, 6.07) is 14.0. The molecule has 0 aliphatic heterocycles. The number of amides is 3. The zero-order chi connectivity index (χ0) is 18.8. The molecule has 0 saturated carbocycles. The largest absolute Gasteiger partial charge is 0.493 e. The summed E-state index contributed by atoms with van der Waals surface area (Å²) in [6.07, 6.45) is 1.83. The molecule has 0 aliphatic carbocycles. The first-order chi connectivity index (χ1) is 12.6.